The number of halogens is 1. The maximum absolute atomic E-state index is 12.7. The summed E-state index contributed by atoms with van der Waals surface area (Å²) in [6, 6.07) is 2.94. The van der Waals surface area contributed by atoms with E-state index in [4.69, 9.17) is 26.8 Å². The summed E-state index contributed by atoms with van der Waals surface area (Å²) in [4.78, 5) is 26.1. The molecule has 0 bridgehead atoms. The van der Waals surface area contributed by atoms with Gasteiger partial charge in [-0.2, -0.15) is 0 Å². The minimum atomic E-state index is -0.272. The molecule has 0 aromatic heterocycles. The lowest BCUT2D eigenvalue weighted by atomic mass is 10.0. The normalized spacial score (nSPS) is 20.3. The van der Waals surface area contributed by atoms with Gasteiger partial charge in [0.05, 0.1) is 35.5 Å². The molecule has 1 heterocycles. The molecule has 0 radical (unpaired) electrons. The van der Waals surface area contributed by atoms with E-state index >= 15 is 0 Å². The topological polar surface area (TPSA) is 93.9 Å². The zero-order valence-corrected chi connectivity index (χ0v) is 16.8. The maximum Gasteiger partial charge on any atom is 0.255 e. The smallest absolute Gasteiger partial charge is 0.255 e. The molecule has 8 heteroatoms. The molecular weight excluding hydrogens is 370 g/mol. The lowest BCUT2D eigenvalue weighted by Crippen LogP contribution is -2.54. The van der Waals surface area contributed by atoms with Crippen molar-refractivity contribution >= 4 is 29.0 Å². The van der Waals surface area contributed by atoms with E-state index in [9.17, 15) is 9.59 Å². The lowest BCUT2D eigenvalue weighted by molar-refractivity contribution is -0.117. The van der Waals surface area contributed by atoms with Gasteiger partial charge in [0.2, 0.25) is 0 Å². The third-order valence-electron chi connectivity index (χ3n) is 4.83. The quantitative estimate of drug-likeness (QED) is 0.652. The van der Waals surface area contributed by atoms with E-state index in [1.165, 1.54) is 13.2 Å². The molecule has 2 rings (SSSR count). The van der Waals surface area contributed by atoms with E-state index in [1.54, 1.807) is 20.1 Å². The molecule has 0 saturated carbocycles. The SMILES string of the molecule is COc1cc(N)c(Cl)cc1C(=O)NC1CCN(CCCC(C)=O)CC1OC. The first-order valence-electron chi connectivity index (χ1n) is 9.04. The number of carbonyl (C=O) groups is 2. The van der Waals surface area contributed by atoms with E-state index in [0.29, 0.717) is 35.0 Å². The summed E-state index contributed by atoms with van der Waals surface area (Å²) in [6.07, 6.45) is 2.06. The minimum Gasteiger partial charge on any atom is -0.496 e. The van der Waals surface area contributed by atoms with E-state index in [2.05, 4.69) is 10.2 Å². The highest BCUT2D eigenvalue weighted by Crippen LogP contribution is 2.29. The number of ether oxygens (including phenoxy) is 2. The van der Waals surface area contributed by atoms with Crippen molar-refractivity contribution in [1.82, 2.24) is 10.2 Å². The van der Waals surface area contributed by atoms with Crippen LogP contribution in [0.4, 0.5) is 5.69 Å². The number of methoxy groups -OCH3 is 2. The average Bonchev–Trinajstić information content (AvgIpc) is 2.64. The van der Waals surface area contributed by atoms with Crippen LogP contribution in [-0.4, -0.2) is 62.6 Å². The van der Waals surface area contributed by atoms with Crippen LogP contribution in [0, 0.1) is 0 Å². The van der Waals surface area contributed by atoms with Crippen molar-refractivity contribution in [3.8, 4) is 5.75 Å². The van der Waals surface area contributed by atoms with Crippen LogP contribution in [0.15, 0.2) is 12.1 Å². The fraction of sp³-hybridized carbons (Fsp3) is 0.579. The zero-order valence-electron chi connectivity index (χ0n) is 16.1. The summed E-state index contributed by atoms with van der Waals surface area (Å²) in [5, 5.41) is 3.34. The van der Waals surface area contributed by atoms with Crippen molar-refractivity contribution in [1.29, 1.82) is 0 Å². The van der Waals surface area contributed by atoms with Gasteiger partial charge in [-0.15, -0.1) is 0 Å². The largest absolute Gasteiger partial charge is 0.496 e. The molecule has 27 heavy (non-hydrogen) atoms. The summed E-state index contributed by atoms with van der Waals surface area (Å²) in [5.74, 6) is 0.312. The number of hydrogen-bond donors (Lipinski definition) is 2. The highest BCUT2D eigenvalue weighted by molar-refractivity contribution is 6.33. The van der Waals surface area contributed by atoms with Gasteiger partial charge < -0.3 is 30.2 Å². The Labute approximate surface area is 165 Å². The molecule has 1 amide bonds. The van der Waals surface area contributed by atoms with E-state index in [-0.39, 0.29) is 23.8 Å². The second-order valence-electron chi connectivity index (χ2n) is 6.82. The Hall–Kier alpha value is -1.83. The average molecular weight is 398 g/mol. The van der Waals surface area contributed by atoms with Crippen LogP contribution in [0.2, 0.25) is 5.02 Å². The second kappa shape index (κ2) is 9.92. The van der Waals surface area contributed by atoms with Crippen molar-refractivity contribution in [2.45, 2.75) is 38.3 Å². The monoisotopic (exact) mass is 397 g/mol. The third kappa shape index (κ3) is 5.82. The van der Waals surface area contributed by atoms with Gasteiger partial charge in [-0.3, -0.25) is 4.79 Å². The number of carbonyl (C=O) groups excluding carboxylic acids is 2. The zero-order chi connectivity index (χ0) is 20.0. The van der Waals surface area contributed by atoms with Gasteiger partial charge in [-0.05, 0) is 32.4 Å². The second-order valence-corrected chi connectivity index (χ2v) is 7.23. The van der Waals surface area contributed by atoms with Crippen LogP contribution in [-0.2, 0) is 9.53 Å². The molecule has 2 unspecified atom stereocenters. The van der Waals surface area contributed by atoms with Crippen LogP contribution < -0.4 is 15.8 Å². The highest BCUT2D eigenvalue weighted by atomic mass is 35.5. The van der Waals surface area contributed by atoms with Crippen LogP contribution >= 0.6 is 11.6 Å². The Morgan fingerprint density at radius 1 is 1.37 bits per heavy atom. The van der Waals surface area contributed by atoms with Crippen LogP contribution in [0.5, 0.6) is 5.75 Å². The number of nitrogens with zero attached hydrogens (tertiary/aromatic N) is 1. The molecule has 1 saturated heterocycles. The molecular formula is C19H28ClN3O4. The molecule has 1 aliphatic rings. The standard InChI is InChI=1S/C19H28ClN3O4/c1-12(24)5-4-7-23-8-6-16(18(11-23)27-3)22-19(25)13-9-14(20)15(21)10-17(13)26-2/h9-10,16,18H,4-8,11,21H2,1-3H3,(H,22,25). The number of rotatable bonds is 8. The van der Waals surface area contributed by atoms with Crippen molar-refractivity contribution in [3.05, 3.63) is 22.7 Å². The molecule has 2 atom stereocenters. The number of likely N-dealkylation sites (tertiary alicyclic amines) is 1. The van der Waals surface area contributed by atoms with E-state index in [0.717, 1.165) is 25.9 Å². The van der Waals surface area contributed by atoms with E-state index < -0.39 is 0 Å². The van der Waals surface area contributed by atoms with Gasteiger partial charge in [0.25, 0.3) is 5.91 Å². The summed E-state index contributed by atoms with van der Waals surface area (Å²) < 4.78 is 10.9. The number of anilines is 1. The number of benzene rings is 1. The number of hydrogen-bond acceptors (Lipinski definition) is 6. The molecule has 150 valence electrons. The van der Waals surface area contributed by atoms with Crippen molar-refractivity contribution in [2.24, 2.45) is 0 Å². The van der Waals surface area contributed by atoms with E-state index in [1.807, 2.05) is 0 Å². The first-order valence-corrected chi connectivity index (χ1v) is 9.42. The van der Waals surface area contributed by atoms with Crippen molar-refractivity contribution in [2.75, 3.05) is 39.6 Å². The van der Waals surface area contributed by atoms with Crippen molar-refractivity contribution in [3.63, 3.8) is 0 Å². The molecule has 0 aliphatic carbocycles. The Balaban J connectivity index is 2.00. The lowest BCUT2D eigenvalue weighted by Gasteiger charge is -2.38. The minimum absolute atomic E-state index is 0.118. The maximum atomic E-state index is 12.7. The number of amides is 1. The molecule has 1 aromatic carbocycles. The van der Waals surface area contributed by atoms with Crippen LogP contribution in [0.1, 0.15) is 36.5 Å². The Morgan fingerprint density at radius 2 is 2.11 bits per heavy atom. The molecule has 0 spiro atoms. The van der Waals surface area contributed by atoms with Gasteiger partial charge >= 0.3 is 0 Å². The van der Waals surface area contributed by atoms with Crippen molar-refractivity contribution < 1.29 is 19.1 Å². The predicted molar refractivity (Wildman–Crippen MR) is 105 cm³/mol. The van der Waals surface area contributed by atoms with Gasteiger partial charge in [0.15, 0.2) is 0 Å². The number of nitrogen functional groups attached to an aromatic ring is 1. The summed E-state index contributed by atoms with van der Waals surface area (Å²) in [5.41, 5.74) is 6.48. The summed E-state index contributed by atoms with van der Waals surface area (Å²) in [6.45, 7) is 4.00. The molecule has 1 aromatic rings. The fourth-order valence-electron chi connectivity index (χ4n) is 3.30. The van der Waals surface area contributed by atoms with Crippen LogP contribution in [0.25, 0.3) is 0 Å². The first kappa shape index (κ1) is 21.5. The number of ketones is 1. The highest BCUT2D eigenvalue weighted by Gasteiger charge is 2.31. The van der Waals surface area contributed by atoms with Gasteiger partial charge in [-0.25, -0.2) is 0 Å². The summed E-state index contributed by atoms with van der Waals surface area (Å²) >= 11 is 6.06. The predicted octanol–water partition coefficient (Wildman–Crippen LogP) is 2.12. The first-order chi connectivity index (χ1) is 12.8. The van der Waals surface area contributed by atoms with Gasteiger partial charge in [-0.1, -0.05) is 11.6 Å². The fourth-order valence-corrected chi connectivity index (χ4v) is 3.46. The molecule has 1 aliphatic heterocycles. The molecule has 1 fully saturated rings. The Kier molecular flexibility index (Phi) is 7.89. The number of Topliss-reactive ketones (excluding diaryl/α,β-unsaturated/α-hetero) is 1. The number of piperidine rings is 1. The van der Waals surface area contributed by atoms with Crippen LogP contribution in [0.3, 0.4) is 0 Å². The molecule has 7 nitrogen and oxygen atoms in total. The summed E-state index contributed by atoms with van der Waals surface area (Å²) in [7, 11) is 3.13. The number of nitrogens with two attached hydrogens (primary N) is 1. The molecule has 3 N–H and O–H groups in total. The Morgan fingerprint density at radius 3 is 2.74 bits per heavy atom. The van der Waals surface area contributed by atoms with Gasteiger partial charge in [0, 0.05) is 32.7 Å². The van der Waals surface area contributed by atoms with Gasteiger partial charge in [0.1, 0.15) is 11.5 Å². The third-order valence-corrected chi connectivity index (χ3v) is 5.16. The Bertz CT molecular complexity index is 683. The number of nitrogens with one attached hydrogen (secondary N) is 1.